The molecule has 23 heavy (non-hydrogen) atoms. The second kappa shape index (κ2) is 5.73. The zero-order valence-electron chi connectivity index (χ0n) is 12.4. The van der Waals surface area contributed by atoms with E-state index < -0.39 is 0 Å². The fourth-order valence-electron chi connectivity index (χ4n) is 2.97. The van der Waals surface area contributed by atoms with Gasteiger partial charge in [-0.15, -0.1) is 0 Å². The summed E-state index contributed by atoms with van der Waals surface area (Å²) in [6.45, 7) is 2.09. The zero-order chi connectivity index (χ0) is 15.3. The molecule has 1 atom stereocenters. The largest absolute Gasteiger partial charge is 0.492 e. The quantitative estimate of drug-likeness (QED) is 0.814. The number of anilines is 2. The summed E-state index contributed by atoms with van der Waals surface area (Å²) in [5, 5.41) is 14.3. The Balaban J connectivity index is 0.00000156. The Morgan fingerprint density at radius 3 is 2.70 bits per heavy atom. The molecular weight excluding hydrogens is 316 g/mol. The van der Waals surface area contributed by atoms with Crippen LogP contribution in [0.25, 0.3) is 0 Å². The first-order valence-corrected chi connectivity index (χ1v) is 7.47. The first kappa shape index (κ1) is 15.6. The van der Waals surface area contributed by atoms with E-state index in [2.05, 4.69) is 23.5 Å². The van der Waals surface area contributed by atoms with Crippen molar-refractivity contribution < 1.29 is 10.6 Å². The normalized spacial score (nSPS) is 19.3. The number of pyridine rings is 1. The summed E-state index contributed by atoms with van der Waals surface area (Å²) in [4.78, 5) is 4.05. The number of fused-ring (bicyclic) bond motifs is 3. The molecule has 0 saturated heterocycles. The molecule has 0 aliphatic carbocycles. The lowest BCUT2D eigenvalue weighted by molar-refractivity contribution is 0.381. The van der Waals surface area contributed by atoms with Gasteiger partial charge in [0.1, 0.15) is 10.9 Å². The summed E-state index contributed by atoms with van der Waals surface area (Å²) in [7, 11) is 0. The Morgan fingerprint density at radius 1 is 1.17 bits per heavy atom. The molecule has 4 rings (SSSR count). The maximum atomic E-state index is 10.6. The van der Waals surface area contributed by atoms with Crippen LogP contribution >= 0.6 is 11.6 Å². The van der Waals surface area contributed by atoms with E-state index in [9.17, 15) is 5.11 Å². The molecule has 2 aliphatic rings. The minimum Gasteiger partial charge on any atom is -0.492 e. The second-order valence-corrected chi connectivity index (χ2v) is 5.88. The van der Waals surface area contributed by atoms with Crippen molar-refractivity contribution in [3.05, 3.63) is 64.9 Å². The van der Waals surface area contributed by atoms with E-state index in [-0.39, 0.29) is 17.3 Å². The van der Waals surface area contributed by atoms with Gasteiger partial charge in [-0.25, -0.2) is 15.0 Å². The molecule has 1 aromatic carbocycles. The van der Waals surface area contributed by atoms with Crippen LogP contribution in [0.1, 0.15) is 12.5 Å². The number of para-hydroxylation sites is 1. The molecule has 1 radical (unpaired) electrons. The van der Waals surface area contributed by atoms with Crippen molar-refractivity contribution in [1.82, 2.24) is 10.5 Å². The first-order chi connectivity index (χ1) is 10.6. The van der Waals surface area contributed by atoms with Gasteiger partial charge in [0.15, 0.2) is 0 Å². The Bertz CT molecular complexity index is 763. The molecule has 119 valence electrons. The number of rotatable bonds is 1. The van der Waals surface area contributed by atoms with Crippen molar-refractivity contribution >= 4 is 23.0 Å². The summed E-state index contributed by atoms with van der Waals surface area (Å²) < 4.78 is 0. The van der Waals surface area contributed by atoms with Crippen molar-refractivity contribution in [2.75, 3.05) is 10.0 Å². The smallest absolute Gasteiger partial charge is 0.231 e. The molecule has 0 amide bonds. The van der Waals surface area contributed by atoms with Crippen molar-refractivity contribution in [2.24, 2.45) is 5.92 Å². The van der Waals surface area contributed by atoms with E-state index in [1.165, 1.54) is 10.6 Å². The number of nitrogens with zero attached hydrogens (tertiary/aromatic N) is 4. The third kappa shape index (κ3) is 2.41. The van der Waals surface area contributed by atoms with E-state index in [0.717, 1.165) is 17.8 Å². The molecule has 0 fully saturated rings. The van der Waals surface area contributed by atoms with Crippen LogP contribution in [0.15, 0.2) is 54.2 Å². The molecule has 6 nitrogen and oxygen atoms in total. The molecule has 7 heteroatoms. The lowest BCUT2D eigenvalue weighted by Crippen LogP contribution is -2.38. The number of allylic oxidation sites excluding steroid dienone is 1. The van der Waals surface area contributed by atoms with Crippen LogP contribution in [-0.4, -0.2) is 15.6 Å². The van der Waals surface area contributed by atoms with Crippen LogP contribution in [0.4, 0.5) is 11.4 Å². The first-order valence-electron chi connectivity index (χ1n) is 7.09. The highest BCUT2D eigenvalue weighted by Gasteiger charge is 2.39. The van der Waals surface area contributed by atoms with E-state index in [4.69, 9.17) is 11.6 Å². The molecule has 0 saturated carbocycles. The highest BCUT2D eigenvalue weighted by molar-refractivity contribution is 6.29. The van der Waals surface area contributed by atoms with Crippen LogP contribution in [0, 0.1) is 5.92 Å². The van der Waals surface area contributed by atoms with Crippen LogP contribution in [-0.2, 0) is 6.42 Å². The third-order valence-corrected chi connectivity index (χ3v) is 4.23. The van der Waals surface area contributed by atoms with Gasteiger partial charge < -0.3 is 10.6 Å². The van der Waals surface area contributed by atoms with Gasteiger partial charge >= 0.3 is 0 Å². The topological polar surface area (TPSA) is 85.2 Å². The minimum absolute atomic E-state index is 0. The lowest BCUT2D eigenvalue weighted by Gasteiger charge is -2.30. The second-order valence-electron chi connectivity index (χ2n) is 5.49. The molecule has 2 aliphatic heterocycles. The minimum atomic E-state index is 0. The van der Waals surface area contributed by atoms with Gasteiger partial charge in [-0.3, -0.25) is 0 Å². The molecule has 1 aromatic heterocycles. The SMILES string of the molecule is CC1Cc2ccccc2N2[N]N(c3ccc(Cl)nc3)C(O)=C12.O. The fraction of sp³-hybridized carbons (Fsp3) is 0.188. The molecule has 1 unspecified atom stereocenters. The maximum absolute atomic E-state index is 10.6. The molecule has 3 N–H and O–H groups in total. The Labute approximate surface area is 138 Å². The van der Waals surface area contributed by atoms with E-state index in [1.807, 2.05) is 23.2 Å². The van der Waals surface area contributed by atoms with E-state index in [0.29, 0.717) is 10.8 Å². The number of aliphatic hydroxyl groups is 1. The Morgan fingerprint density at radius 2 is 1.96 bits per heavy atom. The van der Waals surface area contributed by atoms with Gasteiger partial charge in [-0.05, 0) is 35.7 Å². The number of aliphatic hydroxyl groups excluding tert-OH is 1. The fourth-order valence-corrected chi connectivity index (χ4v) is 3.09. The van der Waals surface area contributed by atoms with Gasteiger partial charge in [0, 0.05) is 5.92 Å². The van der Waals surface area contributed by atoms with Gasteiger partial charge in [0.25, 0.3) is 0 Å². The van der Waals surface area contributed by atoms with Gasteiger partial charge in [-0.2, -0.15) is 0 Å². The number of benzene rings is 1. The Hall–Kier alpha value is -2.28. The van der Waals surface area contributed by atoms with Crippen molar-refractivity contribution in [1.29, 1.82) is 0 Å². The number of hydrogen-bond donors (Lipinski definition) is 1. The van der Waals surface area contributed by atoms with Crippen LogP contribution in [0.2, 0.25) is 5.15 Å². The summed E-state index contributed by atoms with van der Waals surface area (Å²) in [5.74, 6) is 0.329. The monoisotopic (exact) mass is 331 g/mol. The lowest BCUT2D eigenvalue weighted by atomic mass is 9.92. The predicted molar refractivity (Wildman–Crippen MR) is 88.9 cm³/mol. The van der Waals surface area contributed by atoms with Crippen LogP contribution < -0.4 is 15.6 Å². The maximum Gasteiger partial charge on any atom is 0.231 e. The van der Waals surface area contributed by atoms with Crippen molar-refractivity contribution in [3.8, 4) is 0 Å². The van der Waals surface area contributed by atoms with Gasteiger partial charge in [-0.1, -0.05) is 36.7 Å². The number of hydrogen-bond acceptors (Lipinski definition) is 4. The van der Waals surface area contributed by atoms with E-state index in [1.54, 1.807) is 18.3 Å². The zero-order valence-corrected chi connectivity index (χ0v) is 13.2. The summed E-state index contributed by atoms with van der Waals surface area (Å²) in [5.41, 5.74) is 8.26. The van der Waals surface area contributed by atoms with Crippen LogP contribution in [0.5, 0.6) is 0 Å². The molecule has 0 spiro atoms. The van der Waals surface area contributed by atoms with E-state index >= 15 is 0 Å². The van der Waals surface area contributed by atoms with Crippen LogP contribution in [0.3, 0.4) is 0 Å². The highest BCUT2D eigenvalue weighted by Crippen LogP contribution is 2.41. The average Bonchev–Trinajstić information content (AvgIpc) is 2.87. The summed E-state index contributed by atoms with van der Waals surface area (Å²) >= 11 is 5.82. The molecule has 0 bridgehead atoms. The van der Waals surface area contributed by atoms with Gasteiger partial charge in [0.2, 0.25) is 5.88 Å². The molecular formula is C16H16ClN4O2. The van der Waals surface area contributed by atoms with Gasteiger partial charge in [0.05, 0.1) is 17.6 Å². The highest BCUT2D eigenvalue weighted by atomic mass is 35.5. The van der Waals surface area contributed by atoms with Crippen molar-refractivity contribution in [3.63, 3.8) is 0 Å². The summed E-state index contributed by atoms with van der Waals surface area (Å²) in [6.07, 6.45) is 2.48. The predicted octanol–water partition coefficient (Wildman–Crippen LogP) is 2.59. The number of halogens is 1. The average molecular weight is 332 g/mol. The molecule has 2 aromatic rings. The third-order valence-electron chi connectivity index (χ3n) is 4.01. The number of aromatic nitrogens is 1. The standard InChI is InChI=1S/C16H14ClN4O.H2O/c1-10-8-11-4-2-3-5-13(11)21-15(10)16(22)20(19-21)12-6-7-14(17)18-9-12;/h2-7,9-10,22H,8H2,1H3;1H2. The molecule has 3 heterocycles. The summed E-state index contributed by atoms with van der Waals surface area (Å²) in [6, 6.07) is 11.6. The van der Waals surface area contributed by atoms with Crippen molar-refractivity contribution in [2.45, 2.75) is 13.3 Å². The Kier molecular flexibility index (Phi) is 3.89.